The van der Waals surface area contributed by atoms with Gasteiger partial charge in [0, 0.05) is 24.6 Å². The third-order valence-electron chi connectivity index (χ3n) is 3.41. The minimum atomic E-state index is -0.536. The maximum atomic E-state index is 9.89. The van der Waals surface area contributed by atoms with E-state index in [0.717, 1.165) is 38.0 Å². The summed E-state index contributed by atoms with van der Waals surface area (Å²) in [5, 5.41) is 18.5. The first-order valence-electron chi connectivity index (χ1n) is 8.08. The summed E-state index contributed by atoms with van der Waals surface area (Å²) in [5.41, 5.74) is 0. The van der Waals surface area contributed by atoms with E-state index in [9.17, 15) is 5.11 Å². The summed E-state index contributed by atoms with van der Waals surface area (Å²) in [4.78, 5) is 5.77. The van der Waals surface area contributed by atoms with Gasteiger partial charge in [0.2, 0.25) is 0 Å². The van der Waals surface area contributed by atoms with E-state index in [4.69, 9.17) is 4.74 Å². The van der Waals surface area contributed by atoms with E-state index in [1.165, 1.54) is 17.7 Å². The van der Waals surface area contributed by atoms with Crippen LogP contribution in [0.3, 0.4) is 0 Å². The lowest BCUT2D eigenvalue weighted by Gasteiger charge is -2.13. The number of aliphatic hydroxyl groups is 1. The van der Waals surface area contributed by atoms with Crippen molar-refractivity contribution in [3.8, 4) is 0 Å². The normalized spacial score (nSPS) is 15.8. The Hall–Kier alpha value is -0.380. The maximum Gasteiger partial charge on any atom is 0.191 e. The van der Waals surface area contributed by atoms with Crippen LogP contribution in [0.1, 0.15) is 24.6 Å². The second-order valence-electron chi connectivity index (χ2n) is 5.61. The number of nitrogens with zero attached hydrogens (tertiary/aromatic N) is 1. The molecule has 1 aromatic heterocycles. The molecule has 1 saturated carbocycles. The third-order valence-corrected chi connectivity index (χ3v) is 4.35. The molecule has 1 unspecified atom stereocenters. The Morgan fingerprint density at radius 1 is 1.48 bits per heavy atom. The molecular formula is C16H28IN3O2S. The molecule has 0 aliphatic heterocycles. The molecule has 0 spiro atoms. The number of hydrogen-bond donors (Lipinski definition) is 3. The van der Waals surface area contributed by atoms with Crippen LogP contribution in [-0.4, -0.2) is 50.0 Å². The van der Waals surface area contributed by atoms with Gasteiger partial charge in [0.05, 0.1) is 19.3 Å². The molecule has 1 heterocycles. The van der Waals surface area contributed by atoms with E-state index in [-0.39, 0.29) is 24.0 Å². The highest BCUT2D eigenvalue weighted by molar-refractivity contribution is 14.0. The van der Waals surface area contributed by atoms with Crippen molar-refractivity contribution in [2.24, 2.45) is 10.9 Å². The molecule has 0 bridgehead atoms. The highest BCUT2D eigenvalue weighted by atomic mass is 127. The van der Waals surface area contributed by atoms with E-state index >= 15 is 0 Å². The van der Waals surface area contributed by atoms with E-state index in [2.05, 4.69) is 33.1 Å². The Kier molecular flexibility index (Phi) is 10.8. The molecular weight excluding hydrogens is 425 g/mol. The largest absolute Gasteiger partial charge is 0.389 e. The van der Waals surface area contributed by atoms with Crippen LogP contribution in [0.2, 0.25) is 0 Å². The molecule has 132 valence electrons. The number of ether oxygens (including phenoxy) is 1. The fraction of sp³-hybridized carbons (Fsp3) is 0.688. The molecule has 5 nitrogen and oxygen atoms in total. The summed E-state index contributed by atoms with van der Waals surface area (Å²) in [6, 6.07) is 4.20. The molecule has 0 saturated heterocycles. The molecule has 23 heavy (non-hydrogen) atoms. The number of thiophene rings is 1. The fourth-order valence-electron chi connectivity index (χ4n) is 2.01. The van der Waals surface area contributed by atoms with Crippen LogP contribution < -0.4 is 10.6 Å². The topological polar surface area (TPSA) is 65.9 Å². The highest BCUT2D eigenvalue weighted by Crippen LogP contribution is 2.28. The molecule has 1 aliphatic rings. The van der Waals surface area contributed by atoms with Crippen molar-refractivity contribution in [1.82, 2.24) is 10.6 Å². The van der Waals surface area contributed by atoms with Crippen molar-refractivity contribution in [3.05, 3.63) is 22.4 Å². The molecule has 0 amide bonds. The molecule has 3 N–H and O–H groups in total. The van der Waals surface area contributed by atoms with Gasteiger partial charge in [-0.15, -0.1) is 35.3 Å². The summed E-state index contributed by atoms with van der Waals surface area (Å²) in [5.74, 6) is 1.48. The molecule has 2 rings (SSSR count). The van der Waals surface area contributed by atoms with Gasteiger partial charge in [-0.25, -0.2) is 0 Å². The summed E-state index contributed by atoms with van der Waals surface area (Å²) in [7, 11) is 0. The van der Waals surface area contributed by atoms with Gasteiger partial charge < -0.3 is 20.5 Å². The van der Waals surface area contributed by atoms with Crippen LogP contribution in [0.5, 0.6) is 0 Å². The summed E-state index contributed by atoms with van der Waals surface area (Å²) < 4.78 is 5.48. The van der Waals surface area contributed by atoms with Crippen LogP contribution in [-0.2, 0) is 11.2 Å². The maximum absolute atomic E-state index is 9.89. The van der Waals surface area contributed by atoms with Crippen LogP contribution >= 0.6 is 35.3 Å². The van der Waals surface area contributed by atoms with Gasteiger partial charge in [-0.2, -0.15) is 0 Å². The quantitative estimate of drug-likeness (QED) is 0.289. The minimum absolute atomic E-state index is 0. The standard InChI is InChI=1S/C16H27N3O2S.HI/c1-2-17-16(18-8-7-15-4-3-9-22-15)19-10-14(20)12-21-11-13-5-6-13;/h3-4,9,13-14,20H,2,5-8,10-12H2,1H3,(H2,17,18,19);1H. The number of guanidine groups is 1. The first kappa shape index (κ1) is 20.7. The second kappa shape index (κ2) is 12.0. The van der Waals surface area contributed by atoms with Gasteiger partial charge in [0.1, 0.15) is 0 Å². The Balaban J connectivity index is 0.00000264. The SMILES string of the molecule is CCNC(=NCC(O)COCC1CC1)NCCc1cccs1.I. The number of aliphatic imine (C=N–C) groups is 1. The van der Waals surface area contributed by atoms with Crippen LogP contribution in [0.25, 0.3) is 0 Å². The second-order valence-corrected chi connectivity index (χ2v) is 6.64. The van der Waals surface area contributed by atoms with Gasteiger partial charge in [0.15, 0.2) is 5.96 Å². The van der Waals surface area contributed by atoms with Crippen molar-refractivity contribution in [1.29, 1.82) is 0 Å². The van der Waals surface area contributed by atoms with E-state index < -0.39 is 6.10 Å². The molecule has 1 aromatic rings. The van der Waals surface area contributed by atoms with Crippen LogP contribution in [0.4, 0.5) is 0 Å². The highest BCUT2D eigenvalue weighted by Gasteiger charge is 2.21. The Morgan fingerprint density at radius 3 is 2.96 bits per heavy atom. The van der Waals surface area contributed by atoms with Crippen molar-refractivity contribution < 1.29 is 9.84 Å². The molecule has 1 fully saturated rings. The predicted octanol–water partition coefficient (Wildman–Crippen LogP) is 2.25. The van der Waals surface area contributed by atoms with Crippen molar-refractivity contribution in [2.45, 2.75) is 32.3 Å². The van der Waals surface area contributed by atoms with E-state index in [1.807, 2.05) is 6.92 Å². The Labute approximate surface area is 159 Å². The third kappa shape index (κ3) is 9.49. The number of halogens is 1. The van der Waals surface area contributed by atoms with Gasteiger partial charge in [-0.05, 0) is 43.6 Å². The number of nitrogens with one attached hydrogen (secondary N) is 2. The van der Waals surface area contributed by atoms with Gasteiger partial charge >= 0.3 is 0 Å². The van der Waals surface area contributed by atoms with E-state index in [0.29, 0.717) is 13.2 Å². The summed E-state index contributed by atoms with van der Waals surface area (Å²) in [6.07, 6.45) is 2.99. The van der Waals surface area contributed by atoms with Crippen molar-refractivity contribution in [2.75, 3.05) is 32.8 Å². The number of hydrogen-bond acceptors (Lipinski definition) is 4. The van der Waals surface area contributed by atoms with Gasteiger partial charge in [-0.1, -0.05) is 6.07 Å². The molecule has 1 aliphatic carbocycles. The zero-order valence-electron chi connectivity index (χ0n) is 13.7. The minimum Gasteiger partial charge on any atom is -0.389 e. The first-order valence-corrected chi connectivity index (χ1v) is 8.96. The van der Waals surface area contributed by atoms with Gasteiger partial charge in [-0.3, -0.25) is 4.99 Å². The molecule has 0 radical (unpaired) electrons. The fourth-order valence-corrected chi connectivity index (χ4v) is 2.71. The molecule has 0 aromatic carbocycles. The zero-order chi connectivity index (χ0) is 15.6. The lowest BCUT2D eigenvalue weighted by atomic mass is 10.3. The van der Waals surface area contributed by atoms with Gasteiger partial charge in [0.25, 0.3) is 0 Å². The summed E-state index contributed by atoms with van der Waals surface area (Å²) in [6.45, 7) is 5.18. The summed E-state index contributed by atoms with van der Waals surface area (Å²) >= 11 is 1.77. The van der Waals surface area contributed by atoms with Crippen molar-refractivity contribution >= 4 is 41.3 Å². The number of rotatable bonds is 10. The Morgan fingerprint density at radius 2 is 2.30 bits per heavy atom. The average molecular weight is 453 g/mol. The van der Waals surface area contributed by atoms with Crippen LogP contribution in [0, 0.1) is 5.92 Å². The van der Waals surface area contributed by atoms with Crippen molar-refractivity contribution in [3.63, 3.8) is 0 Å². The molecule has 7 heteroatoms. The Bertz CT molecular complexity index is 439. The lowest BCUT2D eigenvalue weighted by Crippen LogP contribution is -2.39. The number of aliphatic hydroxyl groups excluding tert-OH is 1. The lowest BCUT2D eigenvalue weighted by molar-refractivity contribution is 0.0368. The predicted molar refractivity (Wildman–Crippen MR) is 107 cm³/mol. The average Bonchev–Trinajstić information content (AvgIpc) is 3.18. The van der Waals surface area contributed by atoms with Crippen LogP contribution in [0.15, 0.2) is 22.5 Å². The zero-order valence-corrected chi connectivity index (χ0v) is 16.8. The smallest absolute Gasteiger partial charge is 0.191 e. The monoisotopic (exact) mass is 453 g/mol. The molecule has 1 atom stereocenters. The first-order chi connectivity index (χ1) is 10.8. The van der Waals surface area contributed by atoms with E-state index in [1.54, 1.807) is 11.3 Å².